The first-order chi connectivity index (χ1) is 6.84. The summed E-state index contributed by atoms with van der Waals surface area (Å²) >= 11 is 0. The van der Waals surface area contributed by atoms with Crippen LogP contribution in [-0.2, 0) is 4.79 Å². The topological polar surface area (TPSA) is 81.3 Å². The van der Waals surface area contributed by atoms with Crippen molar-refractivity contribution in [2.45, 2.75) is 33.7 Å². The zero-order valence-corrected chi connectivity index (χ0v) is 9.66. The number of aliphatic carboxylic acids is 1. The Bertz CT molecular complexity index is 227. The van der Waals surface area contributed by atoms with Crippen LogP contribution in [0, 0.1) is 11.8 Å². The van der Waals surface area contributed by atoms with Crippen molar-refractivity contribution in [2.75, 3.05) is 6.54 Å². The number of hydrogen-bond donors (Lipinski definition) is 2. The highest BCUT2D eigenvalue weighted by Crippen LogP contribution is 1.99. The number of carboxylic acids is 1. The van der Waals surface area contributed by atoms with Crippen LogP contribution in [-0.4, -0.2) is 24.6 Å². The molecule has 0 unspecified atom stereocenters. The van der Waals surface area contributed by atoms with Gasteiger partial charge < -0.3 is 20.5 Å². The lowest BCUT2D eigenvalue weighted by molar-refractivity contribution is -0.309. The summed E-state index contributed by atoms with van der Waals surface area (Å²) in [6.45, 7) is 7.86. The van der Waals surface area contributed by atoms with Gasteiger partial charge in [-0.05, 0) is 11.8 Å². The van der Waals surface area contributed by atoms with E-state index in [1.165, 1.54) is 0 Å². The monoisotopic (exact) mass is 215 g/mol. The molecule has 0 bridgehead atoms. The minimum absolute atomic E-state index is 0.195. The number of urea groups is 1. The van der Waals surface area contributed by atoms with Gasteiger partial charge in [0.05, 0.1) is 12.0 Å². The van der Waals surface area contributed by atoms with Crippen LogP contribution in [0.3, 0.4) is 0 Å². The number of nitrogens with one attached hydrogen (secondary N) is 2. The lowest BCUT2D eigenvalue weighted by Crippen LogP contribution is -2.53. The van der Waals surface area contributed by atoms with Crippen molar-refractivity contribution in [3.8, 4) is 0 Å². The van der Waals surface area contributed by atoms with E-state index in [1.54, 1.807) is 13.8 Å². The summed E-state index contributed by atoms with van der Waals surface area (Å²) in [6, 6.07) is -1.41. The van der Waals surface area contributed by atoms with Crippen molar-refractivity contribution in [3.05, 3.63) is 0 Å². The van der Waals surface area contributed by atoms with Gasteiger partial charge in [-0.3, -0.25) is 0 Å². The Morgan fingerprint density at radius 3 is 2.07 bits per heavy atom. The summed E-state index contributed by atoms with van der Waals surface area (Å²) in [4.78, 5) is 21.9. The number of carbonyl (C=O) groups excluding carboxylic acids is 2. The molecule has 88 valence electrons. The Hall–Kier alpha value is -1.26. The normalized spacial score (nSPS) is 12.7. The van der Waals surface area contributed by atoms with Crippen LogP contribution in [0.25, 0.3) is 0 Å². The van der Waals surface area contributed by atoms with Crippen LogP contribution in [0.4, 0.5) is 4.79 Å². The highest BCUT2D eigenvalue weighted by Gasteiger charge is 2.16. The first-order valence-electron chi connectivity index (χ1n) is 5.09. The summed E-state index contributed by atoms with van der Waals surface area (Å²) in [5, 5.41) is 15.6. The van der Waals surface area contributed by atoms with E-state index in [0.29, 0.717) is 12.5 Å². The Morgan fingerprint density at radius 1 is 1.20 bits per heavy atom. The number of carboxylic acid groups (broad SMARTS) is 1. The summed E-state index contributed by atoms with van der Waals surface area (Å²) in [5.74, 6) is -1.12. The molecule has 0 aliphatic heterocycles. The first kappa shape index (κ1) is 13.7. The van der Waals surface area contributed by atoms with E-state index in [-0.39, 0.29) is 5.92 Å². The lowest BCUT2D eigenvalue weighted by atomic mass is 10.1. The second kappa shape index (κ2) is 6.27. The minimum atomic E-state index is -1.26. The van der Waals surface area contributed by atoms with Gasteiger partial charge in [0.15, 0.2) is 0 Å². The van der Waals surface area contributed by atoms with Crippen molar-refractivity contribution >= 4 is 12.0 Å². The average molecular weight is 215 g/mol. The Kier molecular flexibility index (Phi) is 5.74. The van der Waals surface area contributed by atoms with E-state index >= 15 is 0 Å². The van der Waals surface area contributed by atoms with Crippen LogP contribution in [0.15, 0.2) is 0 Å². The highest BCUT2D eigenvalue weighted by molar-refractivity contribution is 5.81. The van der Waals surface area contributed by atoms with Crippen LogP contribution in [0.5, 0.6) is 0 Å². The maximum atomic E-state index is 11.3. The third-order valence-electron chi connectivity index (χ3n) is 1.88. The van der Waals surface area contributed by atoms with Crippen LogP contribution in [0.2, 0.25) is 0 Å². The third-order valence-corrected chi connectivity index (χ3v) is 1.88. The van der Waals surface area contributed by atoms with Crippen molar-refractivity contribution in [1.29, 1.82) is 0 Å². The molecule has 5 nitrogen and oxygen atoms in total. The van der Waals surface area contributed by atoms with E-state index in [0.717, 1.165) is 0 Å². The lowest BCUT2D eigenvalue weighted by Gasteiger charge is -2.23. The van der Waals surface area contributed by atoms with Crippen molar-refractivity contribution < 1.29 is 14.7 Å². The van der Waals surface area contributed by atoms with Gasteiger partial charge >= 0.3 is 6.03 Å². The molecule has 0 fully saturated rings. The minimum Gasteiger partial charge on any atom is -0.548 e. The highest BCUT2D eigenvalue weighted by atomic mass is 16.4. The molecule has 0 radical (unpaired) electrons. The Labute approximate surface area is 90.2 Å². The molecular weight excluding hydrogens is 196 g/mol. The fourth-order valence-corrected chi connectivity index (χ4v) is 0.987. The van der Waals surface area contributed by atoms with Crippen LogP contribution >= 0.6 is 0 Å². The van der Waals surface area contributed by atoms with Crippen molar-refractivity contribution in [1.82, 2.24) is 10.6 Å². The predicted molar refractivity (Wildman–Crippen MR) is 55.0 cm³/mol. The number of rotatable bonds is 5. The van der Waals surface area contributed by atoms with E-state index in [2.05, 4.69) is 10.6 Å². The molecule has 0 heterocycles. The molecule has 0 saturated heterocycles. The van der Waals surface area contributed by atoms with E-state index in [9.17, 15) is 14.7 Å². The fourth-order valence-electron chi connectivity index (χ4n) is 0.987. The fraction of sp³-hybridized carbons (Fsp3) is 0.800. The molecule has 15 heavy (non-hydrogen) atoms. The molecule has 2 amide bonds. The van der Waals surface area contributed by atoms with Gasteiger partial charge in [-0.1, -0.05) is 27.7 Å². The van der Waals surface area contributed by atoms with Crippen molar-refractivity contribution in [2.24, 2.45) is 11.8 Å². The Morgan fingerprint density at radius 2 is 1.73 bits per heavy atom. The van der Waals surface area contributed by atoms with Gasteiger partial charge in [0.1, 0.15) is 0 Å². The zero-order valence-electron chi connectivity index (χ0n) is 9.66. The van der Waals surface area contributed by atoms with Gasteiger partial charge in [-0.25, -0.2) is 4.79 Å². The van der Waals surface area contributed by atoms with Gasteiger partial charge in [0, 0.05) is 6.54 Å². The summed E-state index contributed by atoms with van der Waals surface area (Å²) < 4.78 is 0. The van der Waals surface area contributed by atoms with E-state index < -0.39 is 18.0 Å². The quantitative estimate of drug-likeness (QED) is 0.661. The third kappa shape index (κ3) is 5.93. The standard InChI is InChI=1S/C10H20N2O3/c1-6(2)5-11-10(15)12-8(7(3)4)9(13)14/h6-8H,5H2,1-4H3,(H,13,14)(H2,11,12,15)/p-1/t8-/m0/s1. The molecule has 0 aromatic rings. The van der Waals surface area contributed by atoms with Gasteiger partial charge in [-0.15, -0.1) is 0 Å². The van der Waals surface area contributed by atoms with Gasteiger partial charge in [-0.2, -0.15) is 0 Å². The predicted octanol–water partition coefficient (Wildman–Crippen LogP) is -0.284. The molecule has 1 atom stereocenters. The first-order valence-corrected chi connectivity index (χ1v) is 5.09. The second-order valence-corrected chi connectivity index (χ2v) is 4.29. The SMILES string of the molecule is CC(C)CNC(=O)N[C@H](C(=O)[O-])C(C)C. The van der Waals surface area contributed by atoms with Crippen molar-refractivity contribution in [3.63, 3.8) is 0 Å². The molecule has 0 aliphatic rings. The average Bonchev–Trinajstić information content (AvgIpc) is 2.09. The Balaban J connectivity index is 4.07. The molecular formula is C10H19N2O3-. The maximum Gasteiger partial charge on any atom is 0.315 e. The summed E-state index contributed by atoms with van der Waals surface area (Å²) in [6.07, 6.45) is 0. The second-order valence-electron chi connectivity index (χ2n) is 4.29. The number of hydrogen-bond acceptors (Lipinski definition) is 3. The molecule has 0 saturated carbocycles. The largest absolute Gasteiger partial charge is 0.548 e. The molecule has 0 spiro atoms. The number of carbonyl (C=O) groups is 2. The molecule has 2 N–H and O–H groups in total. The summed E-state index contributed by atoms with van der Waals surface area (Å²) in [7, 11) is 0. The van der Waals surface area contributed by atoms with E-state index in [4.69, 9.17) is 0 Å². The van der Waals surface area contributed by atoms with Gasteiger partial charge in [0.25, 0.3) is 0 Å². The molecule has 0 aromatic heterocycles. The van der Waals surface area contributed by atoms with Gasteiger partial charge in [0.2, 0.25) is 0 Å². The molecule has 0 aliphatic carbocycles. The summed E-state index contributed by atoms with van der Waals surface area (Å²) in [5.41, 5.74) is 0. The zero-order chi connectivity index (χ0) is 12.0. The van der Waals surface area contributed by atoms with Crippen LogP contribution < -0.4 is 15.7 Å². The smallest absolute Gasteiger partial charge is 0.315 e. The number of amides is 2. The molecule has 0 rings (SSSR count). The molecule has 5 heteroatoms. The maximum absolute atomic E-state index is 11.3. The van der Waals surface area contributed by atoms with E-state index in [1.807, 2.05) is 13.8 Å². The molecule has 0 aromatic carbocycles. The van der Waals surface area contributed by atoms with Crippen LogP contribution in [0.1, 0.15) is 27.7 Å².